The van der Waals surface area contributed by atoms with Gasteiger partial charge in [-0.2, -0.15) is 0 Å². The van der Waals surface area contributed by atoms with Crippen molar-refractivity contribution in [1.29, 1.82) is 0 Å². The van der Waals surface area contributed by atoms with E-state index in [0.29, 0.717) is 22.6 Å². The Kier molecular flexibility index (Phi) is 5.62. The summed E-state index contributed by atoms with van der Waals surface area (Å²) in [7, 11) is 3.23. The third-order valence-electron chi connectivity index (χ3n) is 5.10. The molecule has 0 N–H and O–H groups in total. The van der Waals surface area contributed by atoms with Gasteiger partial charge in [0.2, 0.25) is 0 Å². The molecule has 4 aromatic rings. The van der Waals surface area contributed by atoms with Crippen LogP contribution in [0.2, 0.25) is 0 Å². The SMILES string of the molecule is COc1ccc(-c2ccc(-c3ccccc3)c(C(=O)c3ccccc3)c2)cc1OC. The number of carbonyl (C=O) groups excluding carboxylic acids is 1. The van der Waals surface area contributed by atoms with Crippen molar-refractivity contribution in [2.45, 2.75) is 0 Å². The van der Waals surface area contributed by atoms with Crippen LogP contribution < -0.4 is 9.47 Å². The first-order chi connectivity index (χ1) is 14.7. The molecular weight excluding hydrogens is 372 g/mol. The first kappa shape index (κ1) is 19.5. The Balaban J connectivity index is 1.86. The first-order valence-electron chi connectivity index (χ1n) is 9.73. The van der Waals surface area contributed by atoms with Crippen LogP contribution >= 0.6 is 0 Å². The van der Waals surface area contributed by atoms with Crippen LogP contribution in [-0.2, 0) is 0 Å². The molecule has 0 amide bonds. The van der Waals surface area contributed by atoms with Gasteiger partial charge >= 0.3 is 0 Å². The van der Waals surface area contributed by atoms with E-state index in [-0.39, 0.29) is 5.78 Å². The monoisotopic (exact) mass is 394 g/mol. The fraction of sp³-hybridized carbons (Fsp3) is 0.0741. The van der Waals surface area contributed by atoms with Gasteiger partial charge in [0.1, 0.15) is 0 Å². The van der Waals surface area contributed by atoms with Crippen molar-refractivity contribution in [2.75, 3.05) is 14.2 Å². The molecule has 3 nitrogen and oxygen atoms in total. The van der Waals surface area contributed by atoms with Crippen LogP contribution in [0.3, 0.4) is 0 Å². The van der Waals surface area contributed by atoms with Gasteiger partial charge in [-0.15, -0.1) is 0 Å². The van der Waals surface area contributed by atoms with Gasteiger partial charge in [-0.25, -0.2) is 0 Å². The smallest absolute Gasteiger partial charge is 0.193 e. The zero-order valence-corrected chi connectivity index (χ0v) is 17.0. The highest BCUT2D eigenvalue weighted by Crippen LogP contribution is 2.35. The zero-order chi connectivity index (χ0) is 20.9. The molecule has 0 saturated carbocycles. The number of carbonyl (C=O) groups is 1. The van der Waals surface area contributed by atoms with Crippen LogP contribution in [0.1, 0.15) is 15.9 Å². The number of ketones is 1. The maximum Gasteiger partial charge on any atom is 0.193 e. The van der Waals surface area contributed by atoms with E-state index in [4.69, 9.17) is 9.47 Å². The minimum Gasteiger partial charge on any atom is -0.493 e. The van der Waals surface area contributed by atoms with E-state index in [0.717, 1.165) is 22.3 Å². The van der Waals surface area contributed by atoms with Crippen LogP contribution in [0.5, 0.6) is 11.5 Å². The summed E-state index contributed by atoms with van der Waals surface area (Å²) in [6, 6.07) is 31.1. The molecule has 3 heteroatoms. The Morgan fingerprint density at radius 3 is 1.87 bits per heavy atom. The summed E-state index contributed by atoms with van der Waals surface area (Å²) >= 11 is 0. The molecule has 0 aliphatic heterocycles. The van der Waals surface area contributed by atoms with Crippen molar-refractivity contribution in [1.82, 2.24) is 0 Å². The molecule has 0 unspecified atom stereocenters. The van der Waals surface area contributed by atoms with E-state index >= 15 is 0 Å². The molecule has 0 aromatic heterocycles. The second-order valence-electron chi connectivity index (χ2n) is 6.89. The van der Waals surface area contributed by atoms with Gasteiger partial charge in [-0.05, 0) is 40.5 Å². The molecule has 0 fully saturated rings. The predicted octanol–water partition coefficient (Wildman–Crippen LogP) is 6.27. The summed E-state index contributed by atoms with van der Waals surface area (Å²) in [6.45, 7) is 0. The number of hydrogen-bond donors (Lipinski definition) is 0. The second kappa shape index (κ2) is 8.66. The quantitative estimate of drug-likeness (QED) is 0.362. The summed E-state index contributed by atoms with van der Waals surface area (Å²) < 4.78 is 10.8. The van der Waals surface area contributed by atoms with E-state index < -0.39 is 0 Å². The van der Waals surface area contributed by atoms with Crippen LogP contribution in [0, 0.1) is 0 Å². The maximum absolute atomic E-state index is 13.4. The Morgan fingerprint density at radius 2 is 1.20 bits per heavy atom. The number of rotatable bonds is 6. The van der Waals surface area contributed by atoms with Gasteiger partial charge in [0.15, 0.2) is 17.3 Å². The van der Waals surface area contributed by atoms with Crippen LogP contribution in [0.25, 0.3) is 22.3 Å². The van der Waals surface area contributed by atoms with Gasteiger partial charge < -0.3 is 9.47 Å². The molecule has 0 spiro atoms. The highest BCUT2D eigenvalue weighted by Gasteiger charge is 2.17. The fourth-order valence-corrected chi connectivity index (χ4v) is 3.54. The average molecular weight is 394 g/mol. The first-order valence-corrected chi connectivity index (χ1v) is 9.73. The largest absolute Gasteiger partial charge is 0.493 e. The lowest BCUT2D eigenvalue weighted by Crippen LogP contribution is -2.04. The second-order valence-corrected chi connectivity index (χ2v) is 6.89. The molecule has 0 aliphatic carbocycles. The number of methoxy groups -OCH3 is 2. The lowest BCUT2D eigenvalue weighted by atomic mass is 9.90. The van der Waals surface area contributed by atoms with E-state index in [2.05, 4.69) is 0 Å². The Hall–Kier alpha value is -3.85. The third-order valence-corrected chi connectivity index (χ3v) is 5.10. The molecule has 0 atom stereocenters. The minimum atomic E-state index is -0.00298. The molecule has 30 heavy (non-hydrogen) atoms. The van der Waals surface area contributed by atoms with Crippen molar-refractivity contribution >= 4 is 5.78 Å². The summed E-state index contributed by atoms with van der Waals surface area (Å²) in [6.07, 6.45) is 0. The minimum absolute atomic E-state index is 0.00298. The van der Waals surface area contributed by atoms with Gasteiger partial charge in [0, 0.05) is 11.1 Å². The molecule has 0 saturated heterocycles. The van der Waals surface area contributed by atoms with Gasteiger partial charge in [0.05, 0.1) is 14.2 Å². The Labute approximate surface area is 176 Å². The van der Waals surface area contributed by atoms with Crippen LogP contribution in [-0.4, -0.2) is 20.0 Å². The summed E-state index contributed by atoms with van der Waals surface area (Å²) in [5, 5.41) is 0. The highest BCUT2D eigenvalue weighted by atomic mass is 16.5. The van der Waals surface area contributed by atoms with Crippen molar-refractivity contribution in [2.24, 2.45) is 0 Å². The third kappa shape index (κ3) is 3.83. The van der Waals surface area contributed by atoms with E-state index in [1.807, 2.05) is 97.1 Å². The van der Waals surface area contributed by atoms with Crippen molar-refractivity contribution < 1.29 is 14.3 Å². The lowest BCUT2D eigenvalue weighted by Gasteiger charge is -2.14. The number of benzene rings is 4. The van der Waals surface area contributed by atoms with Gasteiger partial charge in [0.25, 0.3) is 0 Å². The summed E-state index contributed by atoms with van der Waals surface area (Å²) in [4.78, 5) is 13.4. The van der Waals surface area contributed by atoms with Crippen molar-refractivity contribution in [3.05, 3.63) is 108 Å². The Morgan fingerprint density at radius 1 is 0.600 bits per heavy atom. The van der Waals surface area contributed by atoms with E-state index in [9.17, 15) is 4.79 Å². The standard InChI is InChI=1S/C27H22O3/c1-29-25-16-14-22(18-26(25)30-2)21-13-15-23(19-9-5-3-6-10-19)24(17-21)27(28)20-11-7-4-8-12-20/h3-18H,1-2H3. The lowest BCUT2D eigenvalue weighted by molar-refractivity contribution is 0.103. The summed E-state index contributed by atoms with van der Waals surface area (Å²) in [5.41, 5.74) is 5.15. The zero-order valence-electron chi connectivity index (χ0n) is 17.0. The van der Waals surface area contributed by atoms with Crippen LogP contribution in [0.4, 0.5) is 0 Å². The number of ether oxygens (including phenoxy) is 2. The van der Waals surface area contributed by atoms with E-state index in [1.54, 1.807) is 14.2 Å². The van der Waals surface area contributed by atoms with E-state index in [1.165, 1.54) is 0 Å². The summed E-state index contributed by atoms with van der Waals surface area (Å²) in [5.74, 6) is 1.32. The van der Waals surface area contributed by atoms with Gasteiger partial charge in [-0.3, -0.25) is 4.79 Å². The molecule has 0 heterocycles. The fourth-order valence-electron chi connectivity index (χ4n) is 3.54. The van der Waals surface area contributed by atoms with Crippen molar-refractivity contribution in [3.63, 3.8) is 0 Å². The topological polar surface area (TPSA) is 35.5 Å². The van der Waals surface area contributed by atoms with Crippen LogP contribution in [0.15, 0.2) is 97.1 Å². The Bertz CT molecular complexity index is 1170. The molecule has 0 radical (unpaired) electrons. The van der Waals surface area contributed by atoms with Crippen molar-refractivity contribution in [3.8, 4) is 33.8 Å². The molecular formula is C27H22O3. The highest BCUT2D eigenvalue weighted by molar-refractivity contribution is 6.13. The molecule has 0 bridgehead atoms. The molecule has 148 valence electrons. The van der Waals surface area contributed by atoms with Gasteiger partial charge in [-0.1, -0.05) is 78.9 Å². The molecule has 4 aromatic carbocycles. The predicted molar refractivity (Wildman–Crippen MR) is 120 cm³/mol. The molecule has 0 aliphatic rings. The maximum atomic E-state index is 13.4. The molecule has 4 rings (SSSR count). The normalized spacial score (nSPS) is 10.5. The number of hydrogen-bond acceptors (Lipinski definition) is 3. The average Bonchev–Trinajstić information content (AvgIpc) is 2.83.